The number of hydrogen-bond acceptors (Lipinski definition) is 3. The van der Waals surface area contributed by atoms with Crippen molar-refractivity contribution in [3.63, 3.8) is 0 Å². The van der Waals surface area contributed by atoms with Crippen LogP contribution in [-0.4, -0.2) is 32.0 Å². The number of nitrogens with one attached hydrogen (secondary N) is 1. The Labute approximate surface area is 84.0 Å². The molecule has 4 heteroatoms. The minimum Gasteiger partial charge on any atom is -0.381 e. The molecule has 0 aromatic carbocycles. The van der Waals surface area contributed by atoms with Gasteiger partial charge in [0, 0.05) is 19.4 Å². The molecule has 0 saturated carbocycles. The van der Waals surface area contributed by atoms with Crippen molar-refractivity contribution in [2.45, 2.75) is 19.3 Å². The van der Waals surface area contributed by atoms with Crippen molar-refractivity contribution in [3.05, 3.63) is 0 Å². The van der Waals surface area contributed by atoms with Crippen LogP contribution in [0.5, 0.6) is 0 Å². The van der Waals surface area contributed by atoms with Crippen LogP contribution in [0.15, 0.2) is 0 Å². The quantitative estimate of drug-likeness (QED) is 0.341. The van der Waals surface area contributed by atoms with E-state index in [1.165, 1.54) is 0 Å². The summed E-state index contributed by atoms with van der Waals surface area (Å²) in [5, 5.41) is 2.55. The summed E-state index contributed by atoms with van der Waals surface area (Å²) in [6, 6.07) is 0. The first-order chi connectivity index (χ1) is 6.81. The molecule has 0 aliphatic carbocycles. The minimum atomic E-state index is -0.0677. The lowest BCUT2D eigenvalue weighted by molar-refractivity contribution is -0.121. The van der Waals surface area contributed by atoms with Gasteiger partial charge in [-0.15, -0.1) is 6.42 Å². The van der Waals surface area contributed by atoms with Gasteiger partial charge in [0.05, 0.1) is 13.2 Å². The van der Waals surface area contributed by atoms with Crippen molar-refractivity contribution >= 4 is 12.2 Å². The van der Waals surface area contributed by atoms with E-state index >= 15 is 0 Å². The monoisotopic (exact) mass is 197 g/mol. The fraction of sp³-hybridized carbons (Fsp3) is 0.600. The first-order valence-electron chi connectivity index (χ1n) is 4.52. The second-order valence-corrected chi connectivity index (χ2v) is 2.65. The van der Waals surface area contributed by atoms with E-state index in [1.54, 1.807) is 0 Å². The molecule has 4 nitrogen and oxygen atoms in total. The van der Waals surface area contributed by atoms with E-state index in [4.69, 9.17) is 11.2 Å². The van der Waals surface area contributed by atoms with Crippen molar-refractivity contribution in [2.24, 2.45) is 0 Å². The van der Waals surface area contributed by atoms with Gasteiger partial charge in [-0.05, 0) is 6.42 Å². The predicted octanol–water partition coefficient (Wildman–Crippen LogP) is 0.122. The summed E-state index contributed by atoms with van der Waals surface area (Å²) in [7, 11) is 0. The van der Waals surface area contributed by atoms with Crippen LogP contribution in [0, 0.1) is 12.3 Å². The van der Waals surface area contributed by atoms with E-state index in [0.717, 1.165) is 6.29 Å². The number of terminal acetylenes is 1. The third kappa shape index (κ3) is 8.75. The lowest BCUT2D eigenvalue weighted by atomic mass is 10.3. The molecule has 0 aromatic rings. The second-order valence-electron chi connectivity index (χ2n) is 2.65. The largest absolute Gasteiger partial charge is 0.381 e. The number of aldehydes is 1. The van der Waals surface area contributed by atoms with Crippen LogP contribution < -0.4 is 5.32 Å². The third-order valence-electron chi connectivity index (χ3n) is 1.46. The SMILES string of the molecule is C#CCNC(=O)CCCOCCC=O. The zero-order chi connectivity index (χ0) is 10.6. The van der Waals surface area contributed by atoms with Gasteiger partial charge in [-0.25, -0.2) is 0 Å². The Morgan fingerprint density at radius 1 is 1.50 bits per heavy atom. The Balaban J connectivity index is 3.15. The normalized spacial score (nSPS) is 9.07. The van der Waals surface area contributed by atoms with Crippen molar-refractivity contribution in [2.75, 3.05) is 19.8 Å². The molecule has 0 rings (SSSR count). The number of carbonyl (C=O) groups is 2. The van der Waals surface area contributed by atoms with Crippen molar-refractivity contribution in [1.82, 2.24) is 5.32 Å². The highest BCUT2D eigenvalue weighted by Gasteiger charge is 1.98. The molecule has 0 saturated heterocycles. The van der Waals surface area contributed by atoms with Gasteiger partial charge in [-0.3, -0.25) is 4.79 Å². The van der Waals surface area contributed by atoms with E-state index in [9.17, 15) is 9.59 Å². The highest BCUT2D eigenvalue weighted by Crippen LogP contribution is 1.90. The fourth-order valence-electron chi connectivity index (χ4n) is 0.806. The average Bonchev–Trinajstić information content (AvgIpc) is 2.20. The van der Waals surface area contributed by atoms with Crippen molar-refractivity contribution in [1.29, 1.82) is 0 Å². The number of ether oxygens (including phenoxy) is 1. The smallest absolute Gasteiger partial charge is 0.220 e. The molecule has 0 unspecified atom stereocenters. The van der Waals surface area contributed by atoms with E-state index < -0.39 is 0 Å². The van der Waals surface area contributed by atoms with Crippen LogP contribution in [0.25, 0.3) is 0 Å². The van der Waals surface area contributed by atoms with Crippen LogP contribution in [0.1, 0.15) is 19.3 Å². The number of hydrogen-bond donors (Lipinski definition) is 1. The van der Waals surface area contributed by atoms with Crippen molar-refractivity contribution in [3.8, 4) is 12.3 Å². The summed E-state index contributed by atoms with van der Waals surface area (Å²) in [6.07, 6.45) is 7.23. The van der Waals surface area contributed by atoms with Crippen LogP contribution in [-0.2, 0) is 14.3 Å². The van der Waals surface area contributed by atoms with Gasteiger partial charge in [-0.2, -0.15) is 0 Å². The Morgan fingerprint density at radius 2 is 2.29 bits per heavy atom. The van der Waals surface area contributed by atoms with E-state index in [2.05, 4.69) is 11.2 Å². The number of amides is 1. The van der Waals surface area contributed by atoms with Gasteiger partial charge in [0.25, 0.3) is 0 Å². The molecule has 1 amide bonds. The van der Waals surface area contributed by atoms with Crippen LogP contribution in [0.2, 0.25) is 0 Å². The lowest BCUT2D eigenvalue weighted by Gasteiger charge is -2.02. The molecule has 0 aliphatic rings. The third-order valence-corrected chi connectivity index (χ3v) is 1.46. The molecule has 0 aromatic heterocycles. The van der Waals surface area contributed by atoms with Gasteiger partial charge < -0.3 is 14.8 Å². The molecule has 14 heavy (non-hydrogen) atoms. The summed E-state index contributed by atoms with van der Waals surface area (Å²) in [6.45, 7) is 1.19. The van der Waals surface area contributed by atoms with Gasteiger partial charge in [-0.1, -0.05) is 5.92 Å². The zero-order valence-corrected chi connectivity index (χ0v) is 8.12. The maximum Gasteiger partial charge on any atom is 0.220 e. The maximum absolute atomic E-state index is 11.0. The van der Waals surface area contributed by atoms with Gasteiger partial charge in [0.15, 0.2) is 0 Å². The summed E-state index contributed by atoms with van der Waals surface area (Å²) in [5.74, 6) is 2.25. The summed E-state index contributed by atoms with van der Waals surface area (Å²) in [5.41, 5.74) is 0. The molecule has 1 N–H and O–H groups in total. The summed E-state index contributed by atoms with van der Waals surface area (Å²) >= 11 is 0. The summed E-state index contributed by atoms with van der Waals surface area (Å²) in [4.78, 5) is 20.9. The second kappa shape index (κ2) is 9.75. The molecule has 0 radical (unpaired) electrons. The Kier molecular flexibility index (Phi) is 8.81. The molecule has 78 valence electrons. The molecular formula is C10H15NO3. The number of carbonyl (C=O) groups excluding carboxylic acids is 2. The standard InChI is InChI=1S/C10H15NO3/c1-2-6-11-10(13)5-3-8-14-9-4-7-12/h1,7H,3-6,8-9H2,(H,11,13). The molecule has 0 heterocycles. The van der Waals surface area contributed by atoms with Gasteiger partial charge >= 0.3 is 0 Å². The first kappa shape index (κ1) is 12.7. The van der Waals surface area contributed by atoms with Crippen LogP contribution in [0.4, 0.5) is 0 Å². The topological polar surface area (TPSA) is 55.4 Å². The highest BCUT2D eigenvalue weighted by atomic mass is 16.5. The van der Waals surface area contributed by atoms with E-state index in [-0.39, 0.29) is 12.5 Å². The first-order valence-corrected chi connectivity index (χ1v) is 4.52. The Bertz CT molecular complexity index is 208. The molecule has 0 fully saturated rings. The number of rotatable bonds is 8. The maximum atomic E-state index is 11.0. The molecule has 0 bridgehead atoms. The Morgan fingerprint density at radius 3 is 2.93 bits per heavy atom. The summed E-state index contributed by atoms with van der Waals surface area (Å²) < 4.78 is 5.08. The van der Waals surface area contributed by atoms with E-state index in [0.29, 0.717) is 32.5 Å². The lowest BCUT2D eigenvalue weighted by Crippen LogP contribution is -2.23. The highest BCUT2D eigenvalue weighted by molar-refractivity contribution is 5.76. The molecular weight excluding hydrogens is 182 g/mol. The molecule has 0 atom stereocenters. The minimum absolute atomic E-state index is 0.0677. The van der Waals surface area contributed by atoms with E-state index in [1.807, 2.05) is 0 Å². The predicted molar refractivity (Wildman–Crippen MR) is 52.6 cm³/mol. The van der Waals surface area contributed by atoms with Gasteiger partial charge in [0.2, 0.25) is 5.91 Å². The fourth-order valence-corrected chi connectivity index (χ4v) is 0.806. The van der Waals surface area contributed by atoms with Crippen LogP contribution in [0.3, 0.4) is 0 Å². The average molecular weight is 197 g/mol. The van der Waals surface area contributed by atoms with Crippen molar-refractivity contribution < 1.29 is 14.3 Å². The molecule has 0 spiro atoms. The Hall–Kier alpha value is -1.34. The zero-order valence-electron chi connectivity index (χ0n) is 8.12. The molecule has 0 aliphatic heterocycles. The van der Waals surface area contributed by atoms with Gasteiger partial charge in [0.1, 0.15) is 6.29 Å². The van der Waals surface area contributed by atoms with Crippen LogP contribution >= 0.6 is 0 Å².